The molecule has 2 aromatic carbocycles. The largest absolute Gasteiger partial charge is 0.489 e. The van der Waals surface area contributed by atoms with Crippen molar-refractivity contribution in [1.29, 1.82) is 0 Å². The van der Waals surface area contributed by atoms with Gasteiger partial charge in [-0.25, -0.2) is 0 Å². The van der Waals surface area contributed by atoms with Crippen LogP contribution in [0.25, 0.3) is 11.1 Å². The van der Waals surface area contributed by atoms with E-state index in [1.165, 1.54) is 12.0 Å². The van der Waals surface area contributed by atoms with Crippen LogP contribution in [0.4, 0.5) is 11.4 Å². The smallest absolute Gasteiger partial charge is 0.262 e. The first kappa shape index (κ1) is 37.0. The van der Waals surface area contributed by atoms with Gasteiger partial charge >= 0.3 is 0 Å². The number of piperidine rings is 2. The molecule has 11 rings (SSSR count). The van der Waals surface area contributed by atoms with E-state index in [2.05, 4.69) is 50.0 Å². The quantitative estimate of drug-likeness (QED) is 0.293. The van der Waals surface area contributed by atoms with Crippen LogP contribution in [0.1, 0.15) is 116 Å². The van der Waals surface area contributed by atoms with E-state index in [0.29, 0.717) is 35.0 Å². The molecule has 13 heteroatoms. The topological polar surface area (TPSA) is 137 Å². The van der Waals surface area contributed by atoms with Crippen LogP contribution >= 0.6 is 0 Å². The number of aromatic nitrogens is 2. The summed E-state index contributed by atoms with van der Waals surface area (Å²) in [4.78, 5) is 72.5. The summed E-state index contributed by atoms with van der Waals surface area (Å²) < 4.78 is 8.97. The van der Waals surface area contributed by atoms with E-state index < -0.39 is 23.8 Å². The average Bonchev–Trinajstić information content (AvgIpc) is 3.50. The van der Waals surface area contributed by atoms with Crippen molar-refractivity contribution in [1.82, 2.24) is 24.9 Å². The van der Waals surface area contributed by atoms with Gasteiger partial charge in [0.15, 0.2) is 0 Å². The molecule has 0 radical (unpaired) electrons. The highest BCUT2D eigenvalue weighted by Gasteiger charge is 2.47. The van der Waals surface area contributed by atoms with Crippen LogP contribution in [0.5, 0.6) is 5.75 Å². The van der Waals surface area contributed by atoms with Gasteiger partial charge in [0.05, 0.1) is 35.2 Å². The number of hydrogen-bond acceptors (Lipinski definition) is 9. The van der Waals surface area contributed by atoms with Gasteiger partial charge in [0.25, 0.3) is 11.8 Å². The Morgan fingerprint density at radius 2 is 1.56 bits per heavy atom. The third-order valence-corrected chi connectivity index (χ3v) is 15.1. The van der Waals surface area contributed by atoms with Crippen molar-refractivity contribution in [2.75, 3.05) is 36.0 Å². The molecule has 1 N–H and O–H groups in total. The molecule has 0 spiro atoms. The second-order valence-electron chi connectivity index (χ2n) is 18.7. The molecular formula is C46H53N7O6. The first-order valence-electron chi connectivity index (χ1n) is 22.2. The van der Waals surface area contributed by atoms with Crippen LogP contribution in [0.3, 0.4) is 0 Å². The van der Waals surface area contributed by atoms with E-state index in [4.69, 9.17) is 9.84 Å². The molecule has 59 heavy (non-hydrogen) atoms. The fraction of sp³-hybridized carbons (Fsp3) is 0.565. The van der Waals surface area contributed by atoms with Crippen LogP contribution in [-0.4, -0.2) is 99.5 Å². The minimum absolute atomic E-state index is 0.105. The summed E-state index contributed by atoms with van der Waals surface area (Å²) in [6.45, 7) is 6.13. The van der Waals surface area contributed by atoms with Gasteiger partial charge in [0.2, 0.25) is 17.7 Å². The number of fused-ring (bicyclic) bond motifs is 3. The molecule has 13 nitrogen and oxygen atoms in total. The first-order chi connectivity index (χ1) is 28.7. The number of nitrogens with one attached hydrogen (secondary N) is 1. The molecule has 3 saturated carbocycles. The van der Waals surface area contributed by atoms with E-state index in [0.717, 1.165) is 124 Å². The normalized spacial score (nSPS) is 28.8. The molecule has 3 aliphatic carbocycles. The molecule has 5 amide bonds. The fourth-order valence-corrected chi connectivity index (χ4v) is 11.3. The zero-order valence-corrected chi connectivity index (χ0v) is 33.8. The fourth-order valence-electron chi connectivity index (χ4n) is 11.3. The van der Waals surface area contributed by atoms with Gasteiger partial charge in [-0.15, -0.1) is 0 Å². The van der Waals surface area contributed by atoms with Crippen molar-refractivity contribution in [3.63, 3.8) is 0 Å². The van der Waals surface area contributed by atoms with Gasteiger partial charge < -0.3 is 19.4 Å². The summed E-state index contributed by atoms with van der Waals surface area (Å²) >= 11 is 0. The van der Waals surface area contributed by atoms with Crippen molar-refractivity contribution >= 4 is 40.9 Å². The number of anilines is 2. The number of carbonyl (C=O) groups excluding carboxylic acids is 5. The van der Waals surface area contributed by atoms with Gasteiger partial charge in [-0.05, 0) is 126 Å². The monoisotopic (exact) mass is 799 g/mol. The van der Waals surface area contributed by atoms with Gasteiger partial charge in [-0.2, -0.15) is 5.10 Å². The number of hydrogen-bond donors (Lipinski definition) is 1. The Labute approximate surface area is 344 Å². The molecule has 3 saturated heterocycles. The van der Waals surface area contributed by atoms with E-state index in [1.807, 2.05) is 18.3 Å². The SMILES string of the molecule is C[C@H]1CCc2c(ccc(-c3cnn(C4CCN(C5C[C@@H]6CN(c7ccc8c(c7)C(=O)N(C7CCC(=O)NC7=O)C8=O)C[C@@H]6C5)CC4)c3)c2OC2CCC2)N1C(=O)C1CC1. The summed E-state index contributed by atoms with van der Waals surface area (Å²) in [5, 5.41) is 7.21. The van der Waals surface area contributed by atoms with Crippen LogP contribution in [0.15, 0.2) is 42.7 Å². The Morgan fingerprint density at radius 1 is 0.814 bits per heavy atom. The lowest BCUT2D eigenvalue weighted by molar-refractivity contribution is -0.136. The average molecular weight is 800 g/mol. The second kappa shape index (κ2) is 14.3. The third-order valence-electron chi connectivity index (χ3n) is 15.1. The lowest BCUT2D eigenvalue weighted by atomic mass is 9.91. The van der Waals surface area contributed by atoms with Crippen LogP contribution in [0.2, 0.25) is 0 Å². The van der Waals surface area contributed by atoms with E-state index in [9.17, 15) is 24.0 Å². The Balaban J connectivity index is 0.723. The molecule has 308 valence electrons. The van der Waals surface area contributed by atoms with Crippen LogP contribution in [0, 0.1) is 17.8 Å². The summed E-state index contributed by atoms with van der Waals surface area (Å²) in [6, 6.07) is 9.97. The predicted molar refractivity (Wildman–Crippen MR) is 219 cm³/mol. The van der Waals surface area contributed by atoms with Gasteiger partial charge in [-0.1, -0.05) is 0 Å². The summed E-state index contributed by atoms with van der Waals surface area (Å²) in [6.07, 6.45) is 16.4. The predicted octanol–water partition coefficient (Wildman–Crippen LogP) is 5.51. The van der Waals surface area contributed by atoms with Crippen molar-refractivity contribution in [3.05, 3.63) is 59.4 Å². The van der Waals surface area contributed by atoms with Crippen LogP contribution in [-0.2, 0) is 20.8 Å². The van der Waals surface area contributed by atoms with E-state index in [-0.39, 0.29) is 42.7 Å². The van der Waals surface area contributed by atoms with Crippen molar-refractivity contribution in [2.45, 2.75) is 121 Å². The first-order valence-corrected chi connectivity index (χ1v) is 22.2. The summed E-state index contributed by atoms with van der Waals surface area (Å²) in [5.41, 5.74) is 6.01. The number of rotatable bonds is 8. The molecule has 8 aliphatic rings. The molecule has 3 aromatic rings. The molecule has 2 unspecified atom stereocenters. The maximum Gasteiger partial charge on any atom is 0.262 e. The molecule has 1 aromatic heterocycles. The minimum Gasteiger partial charge on any atom is -0.489 e. The number of ether oxygens (including phenoxy) is 1. The maximum atomic E-state index is 13.5. The Morgan fingerprint density at radius 3 is 2.27 bits per heavy atom. The number of nitrogens with zero attached hydrogens (tertiary/aromatic N) is 6. The summed E-state index contributed by atoms with van der Waals surface area (Å²) in [5.74, 6) is 0.676. The Kier molecular flexibility index (Phi) is 8.97. The molecular weight excluding hydrogens is 747 g/mol. The van der Waals surface area contributed by atoms with E-state index >= 15 is 0 Å². The highest BCUT2D eigenvalue weighted by molar-refractivity contribution is 6.23. The zero-order chi connectivity index (χ0) is 40.1. The van der Waals surface area contributed by atoms with Crippen molar-refractivity contribution in [2.24, 2.45) is 17.8 Å². The van der Waals surface area contributed by atoms with Crippen molar-refractivity contribution < 1.29 is 28.7 Å². The number of likely N-dealkylation sites (tertiary alicyclic amines) is 1. The number of carbonyl (C=O) groups is 5. The highest BCUT2D eigenvalue weighted by atomic mass is 16.5. The number of imide groups is 2. The molecule has 5 atom stereocenters. The maximum absolute atomic E-state index is 13.5. The number of benzene rings is 2. The third kappa shape index (κ3) is 6.37. The van der Waals surface area contributed by atoms with Gasteiger partial charge in [0.1, 0.15) is 11.8 Å². The van der Waals surface area contributed by atoms with Crippen molar-refractivity contribution in [3.8, 4) is 16.9 Å². The molecule has 6 heterocycles. The highest BCUT2D eigenvalue weighted by Crippen LogP contribution is 2.47. The van der Waals surface area contributed by atoms with E-state index in [1.54, 1.807) is 6.07 Å². The minimum atomic E-state index is -0.958. The lowest BCUT2D eigenvalue weighted by Gasteiger charge is -2.38. The Bertz CT molecular complexity index is 2240. The van der Waals surface area contributed by atoms with Gasteiger partial charge in [0, 0.05) is 79.2 Å². The lowest BCUT2D eigenvalue weighted by Crippen LogP contribution is -2.54. The zero-order valence-electron chi connectivity index (χ0n) is 33.8. The second-order valence-corrected chi connectivity index (χ2v) is 18.7. The number of amides is 5. The van der Waals surface area contributed by atoms with Crippen LogP contribution < -0.4 is 19.9 Å². The standard InChI is InChI=1S/C46H53N7O6/c1-26-5-9-37-39(52(26)44(56)27-6-7-27)12-11-35(42(37)59-34-3-2-4-34)30-22-47-51(25-30)31-15-17-49(18-16-31)33-19-28-23-50(24-29(28)20-33)32-8-10-36-38(21-32)46(58)53(45(36)57)40-13-14-41(54)48-43(40)55/h8,10-12,21-22,25-29,31,33-34,40H,2-7,9,13-20,23-24H2,1H3,(H,48,54,55)/t26-,28-,29+,33?,40?/m0/s1. The molecule has 6 fully saturated rings. The Hall–Kier alpha value is -5.04. The molecule has 0 bridgehead atoms. The van der Waals surface area contributed by atoms with Gasteiger partial charge in [-0.3, -0.25) is 38.9 Å². The summed E-state index contributed by atoms with van der Waals surface area (Å²) in [7, 11) is 0. The molecule has 5 aliphatic heterocycles.